The van der Waals surface area contributed by atoms with Crippen LogP contribution in [0.2, 0.25) is 0 Å². The third-order valence-corrected chi connectivity index (χ3v) is 10.7. The molecule has 1 aliphatic heterocycles. The first kappa shape index (κ1) is 34.4. The Kier molecular flexibility index (Phi) is 9.69. The Morgan fingerprint density at radius 1 is 0.827 bits per heavy atom. The summed E-state index contributed by atoms with van der Waals surface area (Å²) >= 11 is 2.17. The number of anilines is 2. The van der Waals surface area contributed by atoms with Gasteiger partial charge in [0.25, 0.3) is 11.8 Å². The lowest BCUT2D eigenvalue weighted by atomic mass is 9.97. The number of rotatable bonds is 9. The van der Waals surface area contributed by atoms with Gasteiger partial charge in [0.1, 0.15) is 42.7 Å². The van der Waals surface area contributed by atoms with Gasteiger partial charge in [-0.05, 0) is 25.0 Å². The molecule has 12 nitrogen and oxygen atoms in total. The van der Waals surface area contributed by atoms with Crippen molar-refractivity contribution >= 4 is 66.3 Å². The summed E-state index contributed by atoms with van der Waals surface area (Å²) in [5.74, 6) is -0.639. The molecule has 0 saturated carbocycles. The lowest BCUT2D eigenvalue weighted by Crippen LogP contribution is -2.40. The standard InChI is InChI=1S/C38H31N7O5S2/c1-3-49-34-23(19-39)25(21-11-7-5-8-12-21)27-29(41)31(51-36(27)43-34)33(46)42-30-28-26(22-13-9-6-10-14-22)24(20-40)35(50-4-2)44-37(28)52-32(30)38(47)45-15-17-48-18-16-45/h5-14H,3-4,15-18,41H2,1-2H3,(H,42,46). The Balaban J connectivity index is 1.46. The van der Waals surface area contributed by atoms with Crippen LogP contribution in [0.4, 0.5) is 11.4 Å². The van der Waals surface area contributed by atoms with Crippen LogP contribution in [0.25, 0.3) is 42.7 Å². The van der Waals surface area contributed by atoms with Gasteiger partial charge in [0.15, 0.2) is 0 Å². The Labute approximate surface area is 306 Å². The van der Waals surface area contributed by atoms with Gasteiger partial charge in [-0.15, -0.1) is 22.7 Å². The number of nitrogens with one attached hydrogen (secondary N) is 1. The molecule has 6 aromatic rings. The van der Waals surface area contributed by atoms with E-state index in [1.165, 1.54) is 0 Å². The molecule has 0 aliphatic carbocycles. The van der Waals surface area contributed by atoms with Gasteiger partial charge in [-0.1, -0.05) is 60.7 Å². The second-order valence-electron chi connectivity index (χ2n) is 11.5. The van der Waals surface area contributed by atoms with Crippen molar-refractivity contribution in [1.29, 1.82) is 10.5 Å². The Morgan fingerprint density at radius 3 is 1.85 bits per heavy atom. The summed E-state index contributed by atoms with van der Waals surface area (Å²) in [7, 11) is 0. The molecule has 260 valence electrons. The summed E-state index contributed by atoms with van der Waals surface area (Å²) in [5, 5.41) is 24.6. The van der Waals surface area contributed by atoms with E-state index >= 15 is 0 Å². The molecule has 2 aromatic carbocycles. The number of nitrogen functional groups attached to an aromatic ring is 1. The number of aromatic nitrogens is 2. The molecule has 14 heteroatoms. The number of fused-ring (bicyclic) bond motifs is 2. The summed E-state index contributed by atoms with van der Waals surface area (Å²) in [5.41, 5.74) is 9.87. The van der Waals surface area contributed by atoms with Gasteiger partial charge >= 0.3 is 0 Å². The number of nitrogens with two attached hydrogens (primary N) is 1. The predicted molar refractivity (Wildman–Crippen MR) is 201 cm³/mol. The molecule has 0 spiro atoms. The molecule has 7 rings (SSSR count). The van der Waals surface area contributed by atoms with Crippen LogP contribution in [0.5, 0.6) is 11.8 Å². The first-order valence-electron chi connectivity index (χ1n) is 16.5. The van der Waals surface area contributed by atoms with E-state index < -0.39 is 5.91 Å². The molecule has 52 heavy (non-hydrogen) atoms. The zero-order chi connectivity index (χ0) is 36.4. The molecule has 5 heterocycles. The normalized spacial score (nSPS) is 12.7. The molecule has 1 fully saturated rings. The summed E-state index contributed by atoms with van der Waals surface area (Å²) in [4.78, 5) is 40.9. The summed E-state index contributed by atoms with van der Waals surface area (Å²) in [6, 6.07) is 23.0. The number of pyridine rings is 2. The fourth-order valence-corrected chi connectivity index (χ4v) is 8.33. The van der Waals surface area contributed by atoms with E-state index in [0.717, 1.165) is 22.7 Å². The first-order valence-corrected chi connectivity index (χ1v) is 18.1. The largest absolute Gasteiger partial charge is 0.477 e. The van der Waals surface area contributed by atoms with E-state index in [0.29, 0.717) is 69.0 Å². The van der Waals surface area contributed by atoms with Crippen LogP contribution < -0.4 is 20.5 Å². The van der Waals surface area contributed by atoms with Crippen molar-refractivity contribution in [3.8, 4) is 46.2 Å². The molecule has 0 radical (unpaired) electrons. The molecule has 0 bridgehead atoms. The zero-order valence-electron chi connectivity index (χ0n) is 28.2. The molecule has 1 aliphatic rings. The number of nitrogens with zero attached hydrogens (tertiary/aromatic N) is 5. The van der Waals surface area contributed by atoms with E-state index in [9.17, 15) is 20.1 Å². The maximum Gasteiger partial charge on any atom is 0.268 e. The summed E-state index contributed by atoms with van der Waals surface area (Å²) in [6.45, 7) is 5.62. The highest BCUT2D eigenvalue weighted by atomic mass is 32.1. The molecular weight excluding hydrogens is 699 g/mol. The quantitative estimate of drug-likeness (QED) is 0.156. The number of hydrogen-bond acceptors (Lipinski definition) is 12. The maximum absolute atomic E-state index is 14.5. The molecular formula is C38H31N7O5S2. The Hall–Kier alpha value is -6.06. The second kappa shape index (κ2) is 14.7. The predicted octanol–water partition coefficient (Wildman–Crippen LogP) is 7.09. The number of nitriles is 2. The number of ether oxygens (including phenoxy) is 3. The van der Waals surface area contributed by atoms with Gasteiger partial charge in [0, 0.05) is 35.0 Å². The molecule has 3 N–H and O–H groups in total. The van der Waals surface area contributed by atoms with Crippen LogP contribution in [0.3, 0.4) is 0 Å². The molecule has 1 saturated heterocycles. The van der Waals surface area contributed by atoms with Crippen LogP contribution >= 0.6 is 22.7 Å². The monoisotopic (exact) mass is 729 g/mol. The number of carbonyl (C=O) groups excluding carboxylic acids is 2. The van der Waals surface area contributed by atoms with E-state index in [2.05, 4.69) is 22.4 Å². The maximum atomic E-state index is 14.5. The number of carbonyl (C=O) groups is 2. The van der Waals surface area contributed by atoms with Crippen molar-refractivity contribution in [3.05, 3.63) is 81.5 Å². The molecule has 4 aromatic heterocycles. The summed E-state index contributed by atoms with van der Waals surface area (Å²) < 4.78 is 17.1. The molecule has 0 unspecified atom stereocenters. The van der Waals surface area contributed by atoms with Crippen molar-refractivity contribution in [2.45, 2.75) is 13.8 Å². The van der Waals surface area contributed by atoms with Crippen molar-refractivity contribution in [1.82, 2.24) is 14.9 Å². The minimum Gasteiger partial charge on any atom is -0.477 e. The average molecular weight is 730 g/mol. The van der Waals surface area contributed by atoms with Gasteiger partial charge in [0.05, 0.1) is 37.8 Å². The Morgan fingerprint density at radius 2 is 1.33 bits per heavy atom. The third-order valence-electron chi connectivity index (χ3n) is 8.50. The van der Waals surface area contributed by atoms with Crippen LogP contribution in [0.15, 0.2) is 60.7 Å². The minimum absolute atomic E-state index is 0.127. The van der Waals surface area contributed by atoms with E-state index in [4.69, 9.17) is 24.9 Å². The average Bonchev–Trinajstić information content (AvgIpc) is 3.70. The third kappa shape index (κ3) is 6.03. The van der Waals surface area contributed by atoms with Gasteiger partial charge in [0.2, 0.25) is 11.8 Å². The highest BCUT2D eigenvalue weighted by Gasteiger charge is 2.32. The SMILES string of the molecule is CCOc1nc2sc(C(=O)Nc3c(C(=O)N4CCOCC4)sc4nc(OCC)c(C#N)c(-c5ccccc5)c34)c(N)c2c(-c2ccccc2)c1C#N. The van der Waals surface area contributed by atoms with E-state index in [1.807, 2.05) is 60.7 Å². The number of morpholine rings is 1. The van der Waals surface area contributed by atoms with Crippen molar-refractivity contribution < 1.29 is 23.8 Å². The van der Waals surface area contributed by atoms with E-state index in [-0.39, 0.29) is 63.1 Å². The highest BCUT2D eigenvalue weighted by molar-refractivity contribution is 7.22. The number of thiophene rings is 2. The van der Waals surface area contributed by atoms with Crippen LogP contribution in [-0.2, 0) is 4.74 Å². The number of amides is 2. The van der Waals surface area contributed by atoms with Crippen LogP contribution in [0, 0.1) is 22.7 Å². The second-order valence-corrected chi connectivity index (χ2v) is 13.5. The zero-order valence-corrected chi connectivity index (χ0v) is 29.8. The van der Waals surface area contributed by atoms with Crippen molar-refractivity contribution in [2.75, 3.05) is 50.6 Å². The fourth-order valence-electron chi connectivity index (χ4n) is 6.24. The fraction of sp³-hybridized carbons (Fsp3) is 0.211. The first-order chi connectivity index (χ1) is 25.4. The number of hydrogen-bond donors (Lipinski definition) is 2. The topological polar surface area (TPSA) is 176 Å². The van der Waals surface area contributed by atoms with Gasteiger partial charge < -0.3 is 30.2 Å². The van der Waals surface area contributed by atoms with Gasteiger partial charge in [-0.2, -0.15) is 10.5 Å². The van der Waals surface area contributed by atoms with Crippen LogP contribution in [0.1, 0.15) is 44.3 Å². The Bertz CT molecular complexity index is 2430. The van der Waals surface area contributed by atoms with Crippen LogP contribution in [-0.4, -0.2) is 66.2 Å². The van der Waals surface area contributed by atoms with E-state index in [1.54, 1.807) is 18.7 Å². The minimum atomic E-state index is -0.599. The summed E-state index contributed by atoms with van der Waals surface area (Å²) in [6.07, 6.45) is 0. The molecule has 2 amide bonds. The lowest BCUT2D eigenvalue weighted by molar-refractivity contribution is 0.0307. The number of benzene rings is 2. The van der Waals surface area contributed by atoms with Crippen molar-refractivity contribution in [2.24, 2.45) is 0 Å². The van der Waals surface area contributed by atoms with Gasteiger partial charge in [-0.25, -0.2) is 9.97 Å². The van der Waals surface area contributed by atoms with Crippen molar-refractivity contribution in [3.63, 3.8) is 0 Å². The molecule has 0 atom stereocenters. The lowest BCUT2D eigenvalue weighted by Gasteiger charge is -2.26. The van der Waals surface area contributed by atoms with Gasteiger partial charge in [-0.3, -0.25) is 9.59 Å². The highest BCUT2D eigenvalue weighted by Crippen LogP contribution is 2.47. The smallest absolute Gasteiger partial charge is 0.268 e.